The summed E-state index contributed by atoms with van der Waals surface area (Å²) >= 11 is 0. The van der Waals surface area contributed by atoms with Crippen LogP contribution < -0.4 is 14.8 Å². The Morgan fingerprint density at radius 3 is 2.74 bits per heavy atom. The second kappa shape index (κ2) is 6.66. The molecular formula is C17H16FNO4. The average Bonchev–Trinajstić information content (AvgIpc) is 2.59. The predicted molar refractivity (Wildman–Crippen MR) is 81.1 cm³/mol. The maximum atomic E-state index is 13.1. The quantitative estimate of drug-likeness (QED) is 0.906. The van der Waals surface area contributed by atoms with E-state index >= 15 is 0 Å². The van der Waals surface area contributed by atoms with Gasteiger partial charge in [0.25, 0.3) is 5.91 Å². The van der Waals surface area contributed by atoms with E-state index in [1.807, 2.05) is 0 Å². The van der Waals surface area contributed by atoms with Gasteiger partial charge in [-0.1, -0.05) is 12.1 Å². The van der Waals surface area contributed by atoms with E-state index in [9.17, 15) is 14.3 Å². The highest BCUT2D eigenvalue weighted by Gasteiger charge is 2.16. The molecular weight excluding hydrogens is 301 g/mol. The number of amides is 1. The van der Waals surface area contributed by atoms with Gasteiger partial charge in [-0.05, 0) is 35.9 Å². The largest absolute Gasteiger partial charge is 0.486 e. The Morgan fingerprint density at radius 1 is 1.17 bits per heavy atom. The number of carbonyl (C=O) groups excluding carboxylic acids is 1. The SMILES string of the molecule is O=C(NC[C@H](O)c1ccc2c(c1)OCCO2)c1cccc(F)c1. The second-order valence-electron chi connectivity index (χ2n) is 5.14. The molecule has 2 N–H and O–H groups in total. The van der Waals surface area contributed by atoms with Crippen LogP contribution >= 0.6 is 0 Å². The van der Waals surface area contributed by atoms with Gasteiger partial charge in [0, 0.05) is 12.1 Å². The summed E-state index contributed by atoms with van der Waals surface area (Å²) in [6.07, 6.45) is -0.900. The summed E-state index contributed by atoms with van der Waals surface area (Å²) in [5.41, 5.74) is 0.813. The number of nitrogens with one attached hydrogen (secondary N) is 1. The number of rotatable bonds is 4. The van der Waals surface area contributed by atoms with Gasteiger partial charge in [-0.15, -0.1) is 0 Å². The van der Waals surface area contributed by atoms with E-state index < -0.39 is 17.8 Å². The van der Waals surface area contributed by atoms with Crippen LogP contribution in [0.1, 0.15) is 22.0 Å². The lowest BCUT2D eigenvalue weighted by atomic mass is 10.1. The average molecular weight is 317 g/mol. The van der Waals surface area contributed by atoms with Crippen molar-refractivity contribution in [2.45, 2.75) is 6.10 Å². The molecule has 0 bridgehead atoms. The number of aliphatic hydroxyl groups is 1. The molecule has 1 amide bonds. The lowest BCUT2D eigenvalue weighted by Gasteiger charge is -2.20. The third kappa shape index (κ3) is 3.60. The van der Waals surface area contributed by atoms with Crippen LogP contribution in [0.4, 0.5) is 4.39 Å². The summed E-state index contributed by atoms with van der Waals surface area (Å²) in [6, 6.07) is 10.5. The van der Waals surface area contributed by atoms with E-state index in [-0.39, 0.29) is 12.1 Å². The number of fused-ring (bicyclic) bond motifs is 1. The van der Waals surface area contributed by atoms with Gasteiger partial charge >= 0.3 is 0 Å². The summed E-state index contributed by atoms with van der Waals surface area (Å²) in [7, 11) is 0. The van der Waals surface area contributed by atoms with Gasteiger partial charge in [0.2, 0.25) is 0 Å². The Labute approximate surface area is 132 Å². The van der Waals surface area contributed by atoms with Crippen molar-refractivity contribution >= 4 is 5.91 Å². The number of hydrogen-bond acceptors (Lipinski definition) is 4. The standard InChI is InChI=1S/C17H16FNO4/c18-13-3-1-2-12(8-13)17(21)19-10-14(20)11-4-5-15-16(9-11)23-7-6-22-15/h1-5,8-9,14,20H,6-7,10H2,(H,19,21)/t14-/m0/s1. The maximum absolute atomic E-state index is 13.1. The molecule has 0 saturated carbocycles. The zero-order valence-electron chi connectivity index (χ0n) is 12.3. The minimum Gasteiger partial charge on any atom is -0.486 e. The molecule has 0 aromatic heterocycles. The molecule has 23 heavy (non-hydrogen) atoms. The summed E-state index contributed by atoms with van der Waals surface area (Å²) < 4.78 is 24.0. The van der Waals surface area contributed by atoms with Crippen LogP contribution in [0, 0.1) is 5.82 Å². The Morgan fingerprint density at radius 2 is 1.96 bits per heavy atom. The fourth-order valence-electron chi connectivity index (χ4n) is 2.31. The molecule has 0 aliphatic carbocycles. The van der Waals surface area contributed by atoms with Gasteiger partial charge in [-0.25, -0.2) is 4.39 Å². The van der Waals surface area contributed by atoms with E-state index in [1.54, 1.807) is 18.2 Å². The number of hydrogen-bond donors (Lipinski definition) is 2. The summed E-state index contributed by atoms with van der Waals surface area (Å²) in [4.78, 5) is 11.9. The smallest absolute Gasteiger partial charge is 0.251 e. The monoisotopic (exact) mass is 317 g/mol. The number of carbonyl (C=O) groups is 1. The molecule has 0 saturated heterocycles. The van der Waals surface area contributed by atoms with E-state index in [0.717, 1.165) is 6.07 Å². The van der Waals surface area contributed by atoms with Gasteiger partial charge in [-0.2, -0.15) is 0 Å². The van der Waals surface area contributed by atoms with Gasteiger partial charge in [-0.3, -0.25) is 4.79 Å². The van der Waals surface area contributed by atoms with Crippen molar-refractivity contribution in [3.8, 4) is 11.5 Å². The Balaban J connectivity index is 1.63. The Hall–Kier alpha value is -2.60. The highest BCUT2D eigenvalue weighted by atomic mass is 19.1. The molecule has 1 aliphatic heterocycles. The van der Waals surface area contributed by atoms with Crippen LogP contribution in [0.3, 0.4) is 0 Å². The van der Waals surface area contributed by atoms with Crippen LogP contribution in [-0.4, -0.2) is 30.8 Å². The number of benzene rings is 2. The Bertz CT molecular complexity index is 719. The third-order valence-corrected chi connectivity index (χ3v) is 3.49. The van der Waals surface area contributed by atoms with E-state index in [1.165, 1.54) is 18.2 Å². The lowest BCUT2D eigenvalue weighted by Crippen LogP contribution is -2.28. The van der Waals surface area contributed by atoms with E-state index in [2.05, 4.69) is 5.32 Å². The molecule has 120 valence electrons. The normalized spacial score (nSPS) is 14.2. The van der Waals surface area contributed by atoms with Crippen molar-refractivity contribution < 1.29 is 23.8 Å². The van der Waals surface area contributed by atoms with Crippen molar-refractivity contribution in [3.63, 3.8) is 0 Å². The molecule has 0 fully saturated rings. The maximum Gasteiger partial charge on any atom is 0.251 e. The van der Waals surface area contributed by atoms with Crippen LogP contribution in [0.2, 0.25) is 0 Å². The van der Waals surface area contributed by atoms with Crippen molar-refractivity contribution in [1.29, 1.82) is 0 Å². The first-order valence-corrected chi connectivity index (χ1v) is 7.25. The fraction of sp³-hybridized carbons (Fsp3) is 0.235. The van der Waals surface area contributed by atoms with Crippen molar-refractivity contribution in [3.05, 3.63) is 59.4 Å². The Kier molecular flexibility index (Phi) is 4.43. The molecule has 3 rings (SSSR count). The van der Waals surface area contributed by atoms with Crippen molar-refractivity contribution in [1.82, 2.24) is 5.32 Å². The first kappa shape index (κ1) is 15.3. The second-order valence-corrected chi connectivity index (χ2v) is 5.14. The molecule has 6 heteroatoms. The summed E-state index contributed by atoms with van der Waals surface area (Å²) in [6.45, 7) is 0.969. The van der Waals surface area contributed by atoms with Gasteiger partial charge in [0.15, 0.2) is 11.5 Å². The zero-order chi connectivity index (χ0) is 16.2. The molecule has 1 atom stereocenters. The zero-order valence-corrected chi connectivity index (χ0v) is 12.3. The van der Waals surface area contributed by atoms with Crippen LogP contribution in [0.15, 0.2) is 42.5 Å². The van der Waals surface area contributed by atoms with Gasteiger partial charge in [0.1, 0.15) is 19.0 Å². The molecule has 0 radical (unpaired) electrons. The number of halogens is 1. The summed E-state index contributed by atoms with van der Waals surface area (Å²) in [5, 5.41) is 12.8. The minimum absolute atomic E-state index is 0.00892. The topological polar surface area (TPSA) is 67.8 Å². The van der Waals surface area contributed by atoms with E-state index in [4.69, 9.17) is 9.47 Å². The number of ether oxygens (including phenoxy) is 2. The fourth-order valence-corrected chi connectivity index (χ4v) is 2.31. The van der Waals surface area contributed by atoms with Crippen molar-refractivity contribution in [2.75, 3.05) is 19.8 Å². The molecule has 0 spiro atoms. The van der Waals surface area contributed by atoms with Crippen LogP contribution in [0.5, 0.6) is 11.5 Å². The highest BCUT2D eigenvalue weighted by molar-refractivity contribution is 5.94. The molecule has 5 nitrogen and oxygen atoms in total. The molecule has 1 aliphatic rings. The van der Waals surface area contributed by atoms with Gasteiger partial charge in [0.05, 0.1) is 6.10 Å². The molecule has 0 unspecified atom stereocenters. The van der Waals surface area contributed by atoms with Crippen LogP contribution in [0.25, 0.3) is 0 Å². The predicted octanol–water partition coefficient (Wildman–Crippen LogP) is 2.06. The van der Waals surface area contributed by atoms with E-state index in [0.29, 0.717) is 30.3 Å². The first-order valence-electron chi connectivity index (χ1n) is 7.25. The highest BCUT2D eigenvalue weighted by Crippen LogP contribution is 2.32. The molecule has 2 aromatic rings. The van der Waals surface area contributed by atoms with Gasteiger partial charge < -0.3 is 19.9 Å². The summed E-state index contributed by atoms with van der Waals surface area (Å²) in [5.74, 6) is 0.284. The molecule has 2 aromatic carbocycles. The van der Waals surface area contributed by atoms with Crippen molar-refractivity contribution in [2.24, 2.45) is 0 Å². The lowest BCUT2D eigenvalue weighted by molar-refractivity contribution is 0.0915. The minimum atomic E-state index is -0.900. The first-order chi connectivity index (χ1) is 11.1. The number of aliphatic hydroxyl groups excluding tert-OH is 1. The third-order valence-electron chi connectivity index (χ3n) is 3.49. The molecule has 1 heterocycles. The van der Waals surface area contributed by atoms with Crippen LogP contribution in [-0.2, 0) is 0 Å².